The molecule has 2 aromatic rings. The van der Waals surface area contributed by atoms with Crippen molar-refractivity contribution in [3.05, 3.63) is 65.2 Å². The van der Waals surface area contributed by atoms with Crippen molar-refractivity contribution in [2.45, 2.75) is 13.0 Å². The molecule has 21 heavy (non-hydrogen) atoms. The fourth-order valence-electron chi connectivity index (χ4n) is 2.01. The van der Waals surface area contributed by atoms with Gasteiger partial charge in [-0.3, -0.25) is 0 Å². The van der Waals surface area contributed by atoms with Crippen molar-refractivity contribution >= 4 is 0 Å². The Labute approximate surface area is 124 Å². The number of hydrogen-bond donors (Lipinski definition) is 2. The quantitative estimate of drug-likeness (QED) is 0.826. The number of hydrogen-bond acceptors (Lipinski definition) is 3. The van der Waals surface area contributed by atoms with Gasteiger partial charge in [-0.2, -0.15) is 0 Å². The van der Waals surface area contributed by atoms with Gasteiger partial charge in [0.15, 0.2) is 0 Å². The molecule has 0 bridgehead atoms. The summed E-state index contributed by atoms with van der Waals surface area (Å²) in [7, 11) is 0. The van der Waals surface area contributed by atoms with Gasteiger partial charge in [-0.05, 0) is 35.7 Å². The molecular weight excluding hydrogens is 264 g/mol. The number of ether oxygens (including phenoxy) is 1. The molecule has 3 heteroatoms. The van der Waals surface area contributed by atoms with Gasteiger partial charge < -0.3 is 14.9 Å². The van der Waals surface area contributed by atoms with Crippen LogP contribution in [-0.2, 0) is 13.0 Å². The zero-order valence-electron chi connectivity index (χ0n) is 11.7. The van der Waals surface area contributed by atoms with Crippen LogP contribution >= 0.6 is 0 Å². The van der Waals surface area contributed by atoms with E-state index >= 15 is 0 Å². The second-order valence-electron chi connectivity index (χ2n) is 4.53. The van der Waals surface area contributed by atoms with Gasteiger partial charge in [0.05, 0.1) is 0 Å². The maximum absolute atomic E-state index is 9.06. The highest BCUT2D eigenvalue weighted by atomic mass is 16.5. The second-order valence-corrected chi connectivity index (χ2v) is 4.53. The molecule has 0 saturated heterocycles. The Balaban J connectivity index is 2.06. The normalized spacial score (nSPS) is 9.81. The Kier molecular flexibility index (Phi) is 5.83. The highest BCUT2D eigenvalue weighted by Crippen LogP contribution is 2.20. The van der Waals surface area contributed by atoms with Gasteiger partial charge in [-0.1, -0.05) is 42.2 Å². The summed E-state index contributed by atoms with van der Waals surface area (Å²) in [5, 5.41) is 17.8. The molecule has 0 aromatic heterocycles. The average molecular weight is 282 g/mol. The molecule has 0 saturated carbocycles. The van der Waals surface area contributed by atoms with Crippen LogP contribution in [0.25, 0.3) is 0 Å². The highest BCUT2D eigenvalue weighted by molar-refractivity contribution is 5.38. The number of para-hydroxylation sites is 1. The van der Waals surface area contributed by atoms with Crippen LogP contribution < -0.4 is 4.74 Å². The van der Waals surface area contributed by atoms with E-state index in [4.69, 9.17) is 14.9 Å². The summed E-state index contributed by atoms with van der Waals surface area (Å²) in [4.78, 5) is 0. The van der Waals surface area contributed by atoms with Gasteiger partial charge in [0.2, 0.25) is 0 Å². The predicted molar refractivity (Wildman–Crippen MR) is 82.0 cm³/mol. The van der Waals surface area contributed by atoms with Crippen LogP contribution in [0.2, 0.25) is 0 Å². The number of rotatable bonds is 5. The van der Waals surface area contributed by atoms with Crippen LogP contribution in [0.15, 0.2) is 48.5 Å². The lowest BCUT2D eigenvalue weighted by Crippen LogP contribution is -2.00. The van der Waals surface area contributed by atoms with Crippen molar-refractivity contribution in [2.75, 3.05) is 13.2 Å². The summed E-state index contributed by atoms with van der Waals surface area (Å²) in [5.74, 6) is 6.29. The summed E-state index contributed by atoms with van der Waals surface area (Å²) >= 11 is 0. The summed E-state index contributed by atoms with van der Waals surface area (Å²) in [5.41, 5.74) is 2.86. The van der Waals surface area contributed by atoms with E-state index in [1.54, 1.807) is 0 Å². The van der Waals surface area contributed by atoms with E-state index in [2.05, 4.69) is 11.8 Å². The lowest BCUT2D eigenvalue weighted by molar-refractivity contribution is 0.284. The van der Waals surface area contributed by atoms with Gasteiger partial charge in [-0.15, -0.1) is 0 Å². The zero-order valence-corrected chi connectivity index (χ0v) is 11.7. The predicted octanol–water partition coefficient (Wildman–Crippen LogP) is 2.14. The topological polar surface area (TPSA) is 49.7 Å². The molecule has 0 heterocycles. The number of aliphatic hydroxyl groups excluding tert-OH is 2. The van der Waals surface area contributed by atoms with Crippen LogP contribution in [0.5, 0.6) is 5.75 Å². The van der Waals surface area contributed by atoms with Gasteiger partial charge in [0.25, 0.3) is 0 Å². The molecule has 0 atom stereocenters. The first-order valence-electron chi connectivity index (χ1n) is 6.83. The maximum Gasteiger partial charge on any atom is 0.123 e. The third-order valence-corrected chi connectivity index (χ3v) is 2.99. The number of benzene rings is 2. The largest absolute Gasteiger partial charge is 0.489 e. The number of aliphatic hydroxyl groups is 2. The standard InChI is InChI=1S/C18H18O3/c19-11-4-7-15-5-3-6-16(13-15)14-21-18-9-2-1-8-17(18)10-12-20/h1-3,5-6,8-9,13,19-20H,10-12,14H2. The molecule has 2 aromatic carbocycles. The Morgan fingerprint density at radius 2 is 1.86 bits per heavy atom. The lowest BCUT2D eigenvalue weighted by Gasteiger charge is -2.11. The van der Waals surface area contributed by atoms with Crippen molar-refractivity contribution in [3.8, 4) is 17.6 Å². The van der Waals surface area contributed by atoms with Crippen molar-refractivity contribution in [1.82, 2.24) is 0 Å². The summed E-state index contributed by atoms with van der Waals surface area (Å²) in [6, 6.07) is 15.4. The van der Waals surface area contributed by atoms with Gasteiger partial charge in [0, 0.05) is 12.2 Å². The first kappa shape index (κ1) is 15.1. The molecule has 0 fully saturated rings. The monoisotopic (exact) mass is 282 g/mol. The summed E-state index contributed by atoms with van der Waals surface area (Å²) < 4.78 is 5.83. The fourth-order valence-corrected chi connectivity index (χ4v) is 2.01. The highest BCUT2D eigenvalue weighted by Gasteiger charge is 2.03. The first-order valence-corrected chi connectivity index (χ1v) is 6.83. The van der Waals surface area contributed by atoms with Crippen LogP contribution in [0.1, 0.15) is 16.7 Å². The molecule has 2 N–H and O–H groups in total. The van der Waals surface area contributed by atoms with E-state index in [9.17, 15) is 0 Å². The minimum absolute atomic E-state index is 0.104. The molecular formula is C18H18O3. The van der Waals surface area contributed by atoms with Gasteiger partial charge >= 0.3 is 0 Å². The molecule has 3 nitrogen and oxygen atoms in total. The smallest absolute Gasteiger partial charge is 0.123 e. The maximum atomic E-state index is 9.06. The summed E-state index contributed by atoms with van der Waals surface area (Å²) in [6.07, 6.45) is 0.582. The molecule has 0 aliphatic heterocycles. The molecule has 0 radical (unpaired) electrons. The Hall–Kier alpha value is -2.28. The van der Waals surface area contributed by atoms with Crippen molar-refractivity contribution < 1.29 is 14.9 Å². The minimum atomic E-state index is -0.144. The SMILES string of the molecule is OCC#Cc1cccc(COc2ccccc2CCO)c1. The summed E-state index contributed by atoms with van der Waals surface area (Å²) in [6.45, 7) is 0.402. The van der Waals surface area contributed by atoms with Crippen molar-refractivity contribution in [2.24, 2.45) is 0 Å². The van der Waals surface area contributed by atoms with E-state index in [-0.39, 0.29) is 13.2 Å². The Morgan fingerprint density at radius 3 is 2.67 bits per heavy atom. The Morgan fingerprint density at radius 1 is 1.00 bits per heavy atom. The van der Waals surface area contributed by atoms with E-state index in [1.807, 2.05) is 48.5 Å². The van der Waals surface area contributed by atoms with E-state index in [1.165, 1.54) is 0 Å². The molecule has 2 rings (SSSR count). The van der Waals surface area contributed by atoms with Gasteiger partial charge in [0.1, 0.15) is 19.0 Å². The minimum Gasteiger partial charge on any atom is -0.489 e. The van der Waals surface area contributed by atoms with Crippen LogP contribution in [0, 0.1) is 11.8 Å². The zero-order chi connectivity index (χ0) is 14.9. The van der Waals surface area contributed by atoms with Crippen LogP contribution in [0.4, 0.5) is 0 Å². The molecule has 0 amide bonds. The lowest BCUT2D eigenvalue weighted by atomic mass is 10.1. The second kappa shape index (κ2) is 8.11. The molecule has 108 valence electrons. The third kappa shape index (κ3) is 4.64. The van der Waals surface area contributed by atoms with E-state index < -0.39 is 0 Å². The van der Waals surface area contributed by atoms with Crippen LogP contribution in [-0.4, -0.2) is 23.4 Å². The fraction of sp³-hybridized carbons (Fsp3) is 0.222. The van der Waals surface area contributed by atoms with Gasteiger partial charge in [-0.25, -0.2) is 0 Å². The Bertz CT molecular complexity index is 638. The van der Waals surface area contributed by atoms with Crippen molar-refractivity contribution in [3.63, 3.8) is 0 Å². The average Bonchev–Trinajstić information content (AvgIpc) is 2.53. The van der Waals surface area contributed by atoms with E-state index in [0.717, 1.165) is 22.4 Å². The third-order valence-electron chi connectivity index (χ3n) is 2.99. The van der Waals surface area contributed by atoms with Crippen molar-refractivity contribution in [1.29, 1.82) is 0 Å². The molecule has 0 aliphatic carbocycles. The van der Waals surface area contributed by atoms with E-state index in [0.29, 0.717) is 13.0 Å². The van der Waals surface area contributed by atoms with Crippen LogP contribution in [0.3, 0.4) is 0 Å². The molecule has 0 spiro atoms. The first-order chi connectivity index (χ1) is 10.3. The molecule has 0 aliphatic rings. The molecule has 0 unspecified atom stereocenters.